The number of benzene rings is 3. The number of allylic oxidation sites excluding steroid dienone is 2. The molecule has 0 aliphatic carbocycles. The number of hydrogen-bond acceptors (Lipinski definition) is 3. The Balaban J connectivity index is 2.07. The van der Waals surface area contributed by atoms with E-state index >= 15 is 0 Å². The fourth-order valence-electron chi connectivity index (χ4n) is 3.49. The van der Waals surface area contributed by atoms with Crippen LogP contribution in [0.3, 0.4) is 0 Å². The van der Waals surface area contributed by atoms with Crippen LogP contribution < -0.4 is 4.90 Å². The molecule has 0 aliphatic heterocycles. The molecule has 0 saturated heterocycles. The minimum Gasteiger partial charge on any atom is -0.507 e. The van der Waals surface area contributed by atoms with Crippen molar-refractivity contribution in [1.82, 2.24) is 0 Å². The second kappa shape index (κ2) is 9.16. The van der Waals surface area contributed by atoms with Gasteiger partial charge in [0.25, 0.3) is 0 Å². The third-order valence-corrected chi connectivity index (χ3v) is 4.96. The summed E-state index contributed by atoms with van der Waals surface area (Å²) in [7, 11) is 2.00. The Morgan fingerprint density at radius 2 is 1.48 bits per heavy atom. The van der Waals surface area contributed by atoms with Crippen LogP contribution in [0, 0.1) is 0 Å². The van der Waals surface area contributed by atoms with E-state index in [4.69, 9.17) is 0 Å². The van der Waals surface area contributed by atoms with E-state index < -0.39 is 0 Å². The number of rotatable bonds is 8. The third kappa shape index (κ3) is 4.69. The van der Waals surface area contributed by atoms with Gasteiger partial charge in [0, 0.05) is 36.0 Å². The summed E-state index contributed by atoms with van der Waals surface area (Å²) < 4.78 is 0. The highest BCUT2D eigenvalue weighted by Crippen LogP contribution is 2.39. The van der Waals surface area contributed by atoms with E-state index in [0.717, 1.165) is 22.4 Å². The fraction of sp³-hybridized carbons (Fsp3) is 0.154. The highest BCUT2D eigenvalue weighted by atomic mass is 16.3. The summed E-state index contributed by atoms with van der Waals surface area (Å²) in [5.41, 5.74) is 5.19. The molecule has 3 aromatic carbocycles. The molecule has 148 valence electrons. The fourth-order valence-corrected chi connectivity index (χ4v) is 3.49. The van der Waals surface area contributed by atoms with Crippen molar-refractivity contribution >= 4 is 5.69 Å². The van der Waals surface area contributed by atoms with Crippen LogP contribution in [0.25, 0.3) is 11.1 Å². The maximum Gasteiger partial charge on any atom is 0.128 e. The molecule has 0 aromatic heterocycles. The van der Waals surface area contributed by atoms with Crippen molar-refractivity contribution < 1.29 is 10.2 Å². The van der Waals surface area contributed by atoms with Gasteiger partial charge >= 0.3 is 0 Å². The Bertz CT molecular complexity index is 1010. The Hall–Kier alpha value is -3.46. The monoisotopic (exact) mass is 385 g/mol. The molecular weight excluding hydrogens is 358 g/mol. The maximum absolute atomic E-state index is 11.1. The summed E-state index contributed by atoms with van der Waals surface area (Å²) in [6.07, 6.45) is 5.05. The summed E-state index contributed by atoms with van der Waals surface area (Å²) in [6, 6.07) is 19.4. The van der Waals surface area contributed by atoms with Crippen molar-refractivity contribution in [2.45, 2.75) is 19.4 Å². The van der Waals surface area contributed by atoms with E-state index in [1.165, 1.54) is 0 Å². The zero-order valence-corrected chi connectivity index (χ0v) is 16.8. The second-order valence-electron chi connectivity index (χ2n) is 7.18. The molecule has 3 heteroatoms. The van der Waals surface area contributed by atoms with Crippen molar-refractivity contribution in [1.29, 1.82) is 0 Å². The highest BCUT2D eigenvalue weighted by molar-refractivity contribution is 5.78. The molecule has 0 saturated carbocycles. The Morgan fingerprint density at radius 1 is 0.828 bits per heavy atom. The van der Waals surface area contributed by atoms with Crippen LogP contribution in [-0.4, -0.2) is 17.3 Å². The first kappa shape index (κ1) is 20.3. The lowest BCUT2D eigenvalue weighted by Crippen LogP contribution is -2.16. The molecule has 3 rings (SSSR count). The quantitative estimate of drug-likeness (QED) is 0.478. The van der Waals surface area contributed by atoms with Crippen LogP contribution in [0.1, 0.15) is 16.7 Å². The SMILES string of the molecule is C=CCc1ccc(O)c(-c2cc(CC=C)cc(CN(C)c3ccccc3)c2O)c1. The smallest absolute Gasteiger partial charge is 0.128 e. The average Bonchev–Trinajstić information content (AvgIpc) is 2.73. The molecule has 0 amide bonds. The predicted octanol–water partition coefficient (Wildman–Crippen LogP) is 5.86. The first-order valence-corrected chi connectivity index (χ1v) is 9.68. The predicted molar refractivity (Wildman–Crippen MR) is 122 cm³/mol. The molecule has 0 radical (unpaired) electrons. The summed E-state index contributed by atoms with van der Waals surface area (Å²) in [4.78, 5) is 2.09. The number of anilines is 1. The molecule has 0 spiro atoms. The van der Waals surface area contributed by atoms with E-state index in [9.17, 15) is 10.2 Å². The van der Waals surface area contributed by atoms with Gasteiger partial charge in [0.05, 0.1) is 0 Å². The summed E-state index contributed by atoms with van der Waals surface area (Å²) >= 11 is 0. The first-order valence-electron chi connectivity index (χ1n) is 9.68. The maximum atomic E-state index is 11.1. The van der Waals surface area contributed by atoms with E-state index in [0.29, 0.717) is 30.5 Å². The van der Waals surface area contributed by atoms with Gasteiger partial charge in [-0.1, -0.05) is 36.4 Å². The molecule has 0 aliphatic rings. The van der Waals surface area contributed by atoms with Crippen molar-refractivity contribution in [3.63, 3.8) is 0 Å². The van der Waals surface area contributed by atoms with Gasteiger partial charge < -0.3 is 15.1 Å². The minimum absolute atomic E-state index is 0.145. The van der Waals surface area contributed by atoms with Crippen LogP contribution in [-0.2, 0) is 19.4 Å². The van der Waals surface area contributed by atoms with Gasteiger partial charge in [-0.3, -0.25) is 0 Å². The van der Waals surface area contributed by atoms with Crippen molar-refractivity contribution in [3.8, 4) is 22.6 Å². The topological polar surface area (TPSA) is 43.7 Å². The van der Waals surface area contributed by atoms with Gasteiger partial charge in [0.1, 0.15) is 11.5 Å². The van der Waals surface area contributed by atoms with Gasteiger partial charge in [-0.25, -0.2) is 0 Å². The second-order valence-corrected chi connectivity index (χ2v) is 7.18. The number of para-hydroxylation sites is 1. The van der Waals surface area contributed by atoms with Crippen LogP contribution in [0.2, 0.25) is 0 Å². The molecule has 0 atom stereocenters. The molecular formula is C26H27NO2. The Morgan fingerprint density at radius 3 is 2.17 bits per heavy atom. The van der Waals surface area contributed by atoms with Gasteiger partial charge in [-0.15, -0.1) is 13.2 Å². The summed E-state index contributed by atoms with van der Waals surface area (Å²) in [5, 5.41) is 21.6. The average molecular weight is 386 g/mol. The zero-order chi connectivity index (χ0) is 20.8. The number of phenolic OH excluding ortho intramolecular Hbond substituents is 2. The van der Waals surface area contributed by atoms with Crippen molar-refractivity contribution in [3.05, 3.63) is 103 Å². The zero-order valence-electron chi connectivity index (χ0n) is 16.8. The molecule has 0 heterocycles. The molecule has 0 bridgehead atoms. The summed E-state index contributed by atoms with van der Waals surface area (Å²) in [6.45, 7) is 8.17. The van der Waals surface area contributed by atoms with Gasteiger partial charge in [0.15, 0.2) is 0 Å². The normalized spacial score (nSPS) is 10.5. The number of phenols is 2. The van der Waals surface area contributed by atoms with Gasteiger partial charge in [0.2, 0.25) is 0 Å². The lowest BCUT2D eigenvalue weighted by molar-refractivity contribution is 0.464. The molecule has 3 aromatic rings. The molecule has 2 N–H and O–H groups in total. The molecule has 3 nitrogen and oxygen atoms in total. The van der Waals surface area contributed by atoms with Crippen molar-refractivity contribution in [2.24, 2.45) is 0 Å². The van der Waals surface area contributed by atoms with Crippen LogP contribution in [0.5, 0.6) is 11.5 Å². The number of hydrogen-bond donors (Lipinski definition) is 2. The third-order valence-electron chi connectivity index (χ3n) is 4.96. The van der Waals surface area contributed by atoms with Crippen LogP contribution >= 0.6 is 0 Å². The Kier molecular flexibility index (Phi) is 6.40. The van der Waals surface area contributed by atoms with E-state index in [2.05, 4.69) is 18.1 Å². The largest absolute Gasteiger partial charge is 0.507 e. The lowest BCUT2D eigenvalue weighted by atomic mass is 9.94. The Labute approximate surface area is 172 Å². The molecule has 0 fully saturated rings. The number of aromatic hydroxyl groups is 2. The van der Waals surface area contributed by atoms with Gasteiger partial charge in [-0.05, 0) is 60.4 Å². The number of nitrogens with zero attached hydrogens (tertiary/aromatic N) is 1. The first-order chi connectivity index (χ1) is 14.0. The molecule has 29 heavy (non-hydrogen) atoms. The highest BCUT2D eigenvalue weighted by Gasteiger charge is 2.16. The van der Waals surface area contributed by atoms with E-state index in [1.54, 1.807) is 6.07 Å². The summed E-state index contributed by atoms with van der Waals surface area (Å²) in [5.74, 6) is 0.331. The van der Waals surface area contributed by atoms with E-state index in [1.807, 2.05) is 73.8 Å². The molecule has 0 unspecified atom stereocenters. The van der Waals surface area contributed by atoms with Gasteiger partial charge in [-0.2, -0.15) is 0 Å². The van der Waals surface area contributed by atoms with E-state index in [-0.39, 0.29) is 11.5 Å². The van der Waals surface area contributed by atoms with Crippen LogP contribution in [0.4, 0.5) is 5.69 Å². The lowest BCUT2D eigenvalue weighted by Gasteiger charge is -2.22. The van der Waals surface area contributed by atoms with Crippen LogP contribution in [0.15, 0.2) is 86.0 Å². The van der Waals surface area contributed by atoms with Crippen molar-refractivity contribution in [2.75, 3.05) is 11.9 Å². The minimum atomic E-state index is 0.145. The standard InChI is InChI=1S/C26H27NO2/c1-4-9-19-13-14-25(28)23(16-19)24-17-20(10-5-2)15-21(26(24)29)18-27(3)22-11-7-6-8-12-22/h4-8,11-17,28-29H,1-2,9-10,18H2,3H3.